The van der Waals surface area contributed by atoms with Gasteiger partial charge in [0.15, 0.2) is 0 Å². The van der Waals surface area contributed by atoms with E-state index >= 15 is 0 Å². The minimum Gasteiger partial charge on any atom is -0.466 e. The molecule has 0 spiro atoms. The third-order valence-corrected chi connectivity index (χ3v) is 3.06. The maximum Gasteiger partial charge on any atom is 0.311 e. The van der Waals surface area contributed by atoms with Crippen molar-refractivity contribution in [3.05, 3.63) is 28.0 Å². The lowest BCUT2D eigenvalue weighted by Gasteiger charge is -2.10. The second kappa shape index (κ2) is 6.99. The number of alkyl halides is 3. The Labute approximate surface area is 117 Å². The summed E-state index contributed by atoms with van der Waals surface area (Å²) in [6.45, 7) is 1.88. The molecular formula is C11H11BrClF2NO2. The molecule has 0 aliphatic rings. The predicted octanol–water partition coefficient (Wildman–Crippen LogP) is 3.67. The highest BCUT2D eigenvalue weighted by atomic mass is 79.9. The molecule has 0 amide bonds. The minimum absolute atomic E-state index is 0.107. The maximum atomic E-state index is 12.8. The van der Waals surface area contributed by atoms with Crippen molar-refractivity contribution in [3.63, 3.8) is 0 Å². The summed E-state index contributed by atoms with van der Waals surface area (Å²) >= 11 is 8.98. The largest absolute Gasteiger partial charge is 0.466 e. The molecule has 0 bridgehead atoms. The van der Waals surface area contributed by atoms with Crippen molar-refractivity contribution in [3.8, 4) is 0 Å². The lowest BCUT2D eigenvalue weighted by Crippen LogP contribution is -2.11. The number of hydrogen-bond donors (Lipinski definition) is 0. The number of rotatable bonds is 5. The Bertz CT molecular complexity index is 443. The lowest BCUT2D eigenvalue weighted by molar-refractivity contribution is -0.142. The van der Waals surface area contributed by atoms with E-state index in [4.69, 9.17) is 16.3 Å². The van der Waals surface area contributed by atoms with Crippen LogP contribution in [0, 0.1) is 0 Å². The molecule has 0 aliphatic heterocycles. The van der Waals surface area contributed by atoms with Crippen molar-refractivity contribution in [2.75, 3.05) is 6.61 Å². The number of carbonyl (C=O) groups is 1. The van der Waals surface area contributed by atoms with Crippen LogP contribution in [0.2, 0.25) is 5.02 Å². The van der Waals surface area contributed by atoms with Gasteiger partial charge in [-0.2, -0.15) is 0 Å². The predicted molar refractivity (Wildman–Crippen MR) is 67.2 cm³/mol. The van der Waals surface area contributed by atoms with Gasteiger partial charge < -0.3 is 4.74 Å². The number of halogens is 4. The quantitative estimate of drug-likeness (QED) is 0.605. The Morgan fingerprint density at radius 3 is 2.78 bits per heavy atom. The SMILES string of the molecule is CCOC(=O)Cc1nc(C(F)F)c(CBr)cc1Cl. The number of nitrogens with zero attached hydrogens (tertiary/aromatic N) is 1. The van der Waals surface area contributed by atoms with Crippen LogP contribution in [0.1, 0.15) is 30.3 Å². The molecule has 1 aromatic heterocycles. The number of hydrogen-bond acceptors (Lipinski definition) is 3. The Kier molecular flexibility index (Phi) is 5.95. The summed E-state index contributed by atoms with van der Waals surface area (Å²) in [5.74, 6) is -0.543. The van der Waals surface area contributed by atoms with Crippen molar-refractivity contribution >= 4 is 33.5 Å². The van der Waals surface area contributed by atoms with E-state index in [-0.39, 0.29) is 34.8 Å². The highest BCUT2D eigenvalue weighted by molar-refractivity contribution is 9.08. The van der Waals surface area contributed by atoms with E-state index in [0.29, 0.717) is 5.56 Å². The van der Waals surface area contributed by atoms with Gasteiger partial charge in [0.1, 0.15) is 5.69 Å². The van der Waals surface area contributed by atoms with Gasteiger partial charge in [0.05, 0.1) is 23.7 Å². The fourth-order valence-electron chi connectivity index (χ4n) is 1.35. The van der Waals surface area contributed by atoms with Gasteiger partial charge in [-0.3, -0.25) is 4.79 Å². The van der Waals surface area contributed by atoms with Crippen LogP contribution in [0.15, 0.2) is 6.07 Å². The molecule has 1 heterocycles. The number of carbonyl (C=O) groups excluding carboxylic acids is 1. The van der Waals surface area contributed by atoms with Gasteiger partial charge in [-0.15, -0.1) is 0 Å². The average molecular weight is 343 g/mol. The molecule has 18 heavy (non-hydrogen) atoms. The summed E-state index contributed by atoms with van der Waals surface area (Å²) in [6, 6.07) is 1.39. The van der Waals surface area contributed by atoms with Gasteiger partial charge >= 0.3 is 5.97 Å². The molecule has 3 nitrogen and oxygen atoms in total. The van der Waals surface area contributed by atoms with Crippen molar-refractivity contribution in [1.82, 2.24) is 4.98 Å². The van der Waals surface area contributed by atoms with Gasteiger partial charge in [-0.1, -0.05) is 27.5 Å². The van der Waals surface area contributed by atoms with Gasteiger partial charge in [0, 0.05) is 5.33 Å². The Hall–Kier alpha value is -0.750. The topological polar surface area (TPSA) is 39.2 Å². The highest BCUT2D eigenvalue weighted by Crippen LogP contribution is 2.27. The first kappa shape index (κ1) is 15.3. The summed E-state index contributed by atoms with van der Waals surface area (Å²) < 4.78 is 30.3. The maximum absolute atomic E-state index is 12.8. The molecule has 0 atom stereocenters. The van der Waals surface area contributed by atoms with E-state index in [2.05, 4.69) is 20.9 Å². The van der Waals surface area contributed by atoms with Crippen molar-refractivity contribution in [2.45, 2.75) is 25.1 Å². The van der Waals surface area contributed by atoms with Crippen molar-refractivity contribution < 1.29 is 18.3 Å². The fourth-order valence-corrected chi connectivity index (χ4v) is 2.04. The lowest BCUT2D eigenvalue weighted by atomic mass is 10.1. The molecule has 0 saturated carbocycles. The highest BCUT2D eigenvalue weighted by Gasteiger charge is 2.19. The van der Waals surface area contributed by atoms with Crippen LogP contribution in [0.25, 0.3) is 0 Å². The summed E-state index contributed by atoms with van der Waals surface area (Å²) in [6.07, 6.45) is -2.93. The van der Waals surface area contributed by atoms with Crippen molar-refractivity contribution in [2.24, 2.45) is 0 Å². The molecular weight excluding hydrogens is 331 g/mol. The van der Waals surface area contributed by atoms with E-state index < -0.39 is 12.4 Å². The first-order valence-electron chi connectivity index (χ1n) is 5.17. The molecule has 0 aromatic carbocycles. The standard InChI is InChI=1S/C11H11BrClF2NO2/c1-2-18-9(17)4-8-7(13)3-6(5-12)10(16-8)11(14)15/h3,11H,2,4-5H2,1H3. The number of aromatic nitrogens is 1. The zero-order valence-corrected chi connectivity index (χ0v) is 11.9. The molecule has 1 rings (SSSR count). The van der Waals surface area contributed by atoms with E-state index in [1.807, 2.05) is 0 Å². The van der Waals surface area contributed by atoms with Gasteiger partial charge in [0.25, 0.3) is 6.43 Å². The Morgan fingerprint density at radius 2 is 2.28 bits per heavy atom. The third kappa shape index (κ3) is 3.88. The van der Waals surface area contributed by atoms with Crippen molar-refractivity contribution in [1.29, 1.82) is 0 Å². The summed E-state index contributed by atoms with van der Waals surface area (Å²) in [4.78, 5) is 15.0. The normalized spacial score (nSPS) is 10.8. The summed E-state index contributed by atoms with van der Waals surface area (Å²) in [5.41, 5.74) is 0.0494. The fraction of sp³-hybridized carbons (Fsp3) is 0.455. The van der Waals surface area contributed by atoms with Crippen LogP contribution in [-0.2, 0) is 21.3 Å². The van der Waals surface area contributed by atoms with E-state index in [9.17, 15) is 13.6 Å². The monoisotopic (exact) mass is 341 g/mol. The second-order valence-corrected chi connectivity index (χ2v) is 4.35. The first-order valence-corrected chi connectivity index (χ1v) is 6.67. The number of pyridine rings is 1. The van der Waals surface area contributed by atoms with Crippen LogP contribution in [-0.4, -0.2) is 17.6 Å². The molecule has 100 valence electrons. The Balaban J connectivity index is 3.05. The van der Waals surface area contributed by atoms with E-state index in [1.165, 1.54) is 6.07 Å². The molecule has 0 N–H and O–H groups in total. The van der Waals surface area contributed by atoms with Crippen LogP contribution in [0.5, 0.6) is 0 Å². The van der Waals surface area contributed by atoms with Crippen LogP contribution in [0.4, 0.5) is 8.78 Å². The summed E-state index contributed by atoms with van der Waals surface area (Å²) in [5, 5.41) is 0.404. The molecule has 0 unspecified atom stereocenters. The summed E-state index contributed by atoms with van der Waals surface area (Å²) in [7, 11) is 0. The molecule has 0 aliphatic carbocycles. The third-order valence-electron chi connectivity index (χ3n) is 2.13. The van der Waals surface area contributed by atoms with E-state index in [1.54, 1.807) is 6.92 Å². The molecule has 7 heteroatoms. The average Bonchev–Trinajstić information content (AvgIpc) is 2.31. The first-order chi connectivity index (χ1) is 8.49. The minimum atomic E-state index is -2.71. The van der Waals surface area contributed by atoms with Crippen LogP contribution < -0.4 is 0 Å². The zero-order valence-electron chi connectivity index (χ0n) is 9.55. The molecule has 1 aromatic rings. The zero-order chi connectivity index (χ0) is 13.7. The smallest absolute Gasteiger partial charge is 0.311 e. The van der Waals surface area contributed by atoms with E-state index in [0.717, 1.165) is 0 Å². The van der Waals surface area contributed by atoms with Gasteiger partial charge in [-0.25, -0.2) is 13.8 Å². The van der Waals surface area contributed by atoms with Crippen LogP contribution >= 0.6 is 27.5 Å². The Morgan fingerprint density at radius 1 is 1.61 bits per heavy atom. The molecule has 0 saturated heterocycles. The van der Waals surface area contributed by atoms with Crippen LogP contribution in [0.3, 0.4) is 0 Å². The van der Waals surface area contributed by atoms with Gasteiger partial charge in [-0.05, 0) is 18.6 Å². The molecule has 0 fully saturated rings. The molecule has 0 radical (unpaired) electrons. The second-order valence-electron chi connectivity index (χ2n) is 3.38. The van der Waals surface area contributed by atoms with Gasteiger partial charge in [0.2, 0.25) is 0 Å². The number of esters is 1. The number of ether oxygens (including phenoxy) is 1.